The molecule has 0 aromatic rings. The SMILES string of the molecule is CCCCCCCCCCCC(=O)O[C@H](COC(=O)CCCCC)COP(=O)(O)OCC[N+](C)(C)C. The fraction of sp³-hybridized carbons (Fsp3) is 0.923. The van der Waals surface area contributed by atoms with Crippen LogP contribution in [0.3, 0.4) is 0 Å². The van der Waals surface area contributed by atoms with Gasteiger partial charge < -0.3 is 18.9 Å². The maximum Gasteiger partial charge on any atom is 0.472 e. The molecule has 1 N–H and O–H groups in total. The standard InChI is InChI=1S/C26H52NO8P/c1-6-8-10-11-12-13-14-15-17-19-26(29)35-24(22-32-25(28)18-16-9-7-2)23-34-36(30,31)33-21-20-27(3,4)5/h24H,6-23H2,1-5H3/p+1/t24-/m1/s1. The molecule has 0 aromatic carbocycles. The molecule has 0 aliphatic carbocycles. The number of rotatable bonds is 24. The summed E-state index contributed by atoms with van der Waals surface area (Å²) < 4.78 is 33.5. The van der Waals surface area contributed by atoms with Crippen LogP contribution in [-0.4, -0.2) is 74.9 Å². The number of likely N-dealkylation sites (N-methyl/N-ethyl adjacent to an activating group) is 1. The van der Waals surface area contributed by atoms with E-state index < -0.39 is 32.5 Å². The zero-order chi connectivity index (χ0) is 27.3. The summed E-state index contributed by atoms with van der Waals surface area (Å²) in [5, 5.41) is 0. The molecule has 0 saturated carbocycles. The number of nitrogens with zero attached hydrogens (tertiary/aromatic N) is 1. The van der Waals surface area contributed by atoms with Crippen LogP contribution in [-0.2, 0) is 32.7 Å². The average molecular weight is 539 g/mol. The number of esters is 2. The molecule has 0 aliphatic heterocycles. The van der Waals surface area contributed by atoms with Crippen LogP contribution in [0.4, 0.5) is 0 Å². The van der Waals surface area contributed by atoms with Crippen LogP contribution in [0.1, 0.15) is 104 Å². The van der Waals surface area contributed by atoms with Crippen LogP contribution in [0, 0.1) is 0 Å². The van der Waals surface area contributed by atoms with Crippen LogP contribution in [0.25, 0.3) is 0 Å². The highest BCUT2D eigenvalue weighted by Crippen LogP contribution is 2.43. The number of ether oxygens (including phenoxy) is 2. The zero-order valence-electron chi connectivity index (χ0n) is 23.5. The lowest BCUT2D eigenvalue weighted by Crippen LogP contribution is -2.37. The number of hydrogen-bond donors (Lipinski definition) is 1. The largest absolute Gasteiger partial charge is 0.472 e. The Bertz CT molecular complexity index is 624. The summed E-state index contributed by atoms with van der Waals surface area (Å²) in [7, 11) is 1.47. The Hall–Kier alpha value is -0.990. The van der Waals surface area contributed by atoms with Crippen molar-refractivity contribution in [1.29, 1.82) is 0 Å². The number of carbonyl (C=O) groups is 2. The van der Waals surface area contributed by atoms with Gasteiger partial charge in [0.1, 0.15) is 19.8 Å². The Kier molecular flexibility index (Phi) is 20.4. The molecular formula is C26H53NO8P+. The maximum atomic E-state index is 12.3. The molecule has 0 heterocycles. The van der Waals surface area contributed by atoms with Gasteiger partial charge in [-0.1, -0.05) is 78.1 Å². The van der Waals surface area contributed by atoms with E-state index >= 15 is 0 Å². The van der Waals surface area contributed by atoms with Gasteiger partial charge in [-0.05, 0) is 12.8 Å². The minimum Gasteiger partial charge on any atom is -0.462 e. The molecule has 0 aliphatic rings. The molecule has 0 amide bonds. The van der Waals surface area contributed by atoms with Gasteiger partial charge in [0, 0.05) is 12.8 Å². The Morgan fingerprint density at radius 3 is 1.83 bits per heavy atom. The molecule has 0 saturated heterocycles. The van der Waals surface area contributed by atoms with E-state index in [4.69, 9.17) is 18.5 Å². The predicted octanol–water partition coefficient (Wildman–Crippen LogP) is 5.78. The first-order chi connectivity index (χ1) is 17.0. The molecule has 214 valence electrons. The fourth-order valence-electron chi connectivity index (χ4n) is 3.36. The fourth-order valence-corrected chi connectivity index (χ4v) is 4.10. The third-order valence-corrected chi connectivity index (χ3v) is 6.62. The summed E-state index contributed by atoms with van der Waals surface area (Å²) in [5.74, 6) is -0.831. The molecule has 0 bridgehead atoms. The summed E-state index contributed by atoms with van der Waals surface area (Å²) in [5.41, 5.74) is 0. The molecule has 0 fully saturated rings. The highest BCUT2D eigenvalue weighted by molar-refractivity contribution is 7.47. The van der Waals surface area contributed by atoms with Crippen molar-refractivity contribution in [2.24, 2.45) is 0 Å². The lowest BCUT2D eigenvalue weighted by molar-refractivity contribution is -0.870. The molecule has 0 radical (unpaired) electrons. The van der Waals surface area contributed by atoms with E-state index in [9.17, 15) is 19.0 Å². The van der Waals surface area contributed by atoms with Gasteiger partial charge in [-0.3, -0.25) is 18.6 Å². The minimum absolute atomic E-state index is 0.0345. The highest BCUT2D eigenvalue weighted by Gasteiger charge is 2.27. The van der Waals surface area contributed by atoms with Gasteiger partial charge in [0.05, 0.1) is 27.7 Å². The molecule has 36 heavy (non-hydrogen) atoms. The van der Waals surface area contributed by atoms with Crippen LogP contribution < -0.4 is 0 Å². The summed E-state index contributed by atoms with van der Waals surface area (Å²) in [4.78, 5) is 34.3. The van der Waals surface area contributed by atoms with E-state index in [0.29, 0.717) is 17.4 Å². The van der Waals surface area contributed by atoms with Gasteiger partial charge in [0.25, 0.3) is 0 Å². The van der Waals surface area contributed by atoms with Crippen molar-refractivity contribution in [1.82, 2.24) is 0 Å². The Balaban J connectivity index is 4.52. The van der Waals surface area contributed by atoms with E-state index in [1.54, 1.807) is 0 Å². The third-order valence-electron chi connectivity index (χ3n) is 5.64. The summed E-state index contributed by atoms with van der Waals surface area (Å²) >= 11 is 0. The lowest BCUT2D eigenvalue weighted by Gasteiger charge is -2.24. The van der Waals surface area contributed by atoms with Crippen molar-refractivity contribution in [3.8, 4) is 0 Å². The van der Waals surface area contributed by atoms with Crippen molar-refractivity contribution in [2.75, 3.05) is 47.5 Å². The number of hydrogen-bond acceptors (Lipinski definition) is 7. The van der Waals surface area contributed by atoms with E-state index in [1.807, 2.05) is 28.1 Å². The number of unbranched alkanes of at least 4 members (excludes halogenated alkanes) is 10. The first kappa shape index (κ1) is 35.0. The monoisotopic (exact) mass is 538 g/mol. The minimum atomic E-state index is -4.33. The van der Waals surface area contributed by atoms with E-state index in [1.165, 1.54) is 38.5 Å². The second kappa shape index (κ2) is 21.0. The summed E-state index contributed by atoms with van der Waals surface area (Å²) in [6, 6.07) is 0. The number of phosphoric ester groups is 1. The van der Waals surface area contributed by atoms with Crippen molar-refractivity contribution >= 4 is 19.8 Å². The molecule has 9 nitrogen and oxygen atoms in total. The number of quaternary nitrogens is 1. The van der Waals surface area contributed by atoms with Gasteiger partial charge in [0.2, 0.25) is 0 Å². The van der Waals surface area contributed by atoms with Crippen LogP contribution >= 0.6 is 7.82 Å². The van der Waals surface area contributed by atoms with E-state index in [2.05, 4.69) is 6.92 Å². The molecule has 10 heteroatoms. The molecule has 1 unspecified atom stereocenters. The quantitative estimate of drug-likeness (QED) is 0.0713. The van der Waals surface area contributed by atoms with Crippen molar-refractivity contribution in [3.63, 3.8) is 0 Å². The predicted molar refractivity (Wildman–Crippen MR) is 141 cm³/mol. The normalized spacial score (nSPS) is 14.3. The van der Waals surface area contributed by atoms with Gasteiger partial charge in [-0.25, -0.2) is 4.57 Å². The Morgan fingerprint density at radius 1 is 0.750 bits per heavy atom. The number of carbonyl (C=O) groups excluding carboxylic acids is 2. The summed E-state index contributed by atoms with van der Waals surface area (Å²) in [6.45, 7) is 4.17. The van der Waals surface area contributed by atoms with Gasteiger partial charge in [-0.2, -0.15) is 0 Å². The second-order valence-electron chi connectivity index (χ2n) is 10.4. The van der Waals surface area contributed by atoms with Crippen LogP contribution in [0.5, 0.6) is 0 Å². The molecular weight excluding hydrogens is 485 g/mol. The average Bonchev–Trinajstić information content (AvgIpc) is 2.79. The van der Waals surface area contributed by atoms with Crippen molar-refractivity contribution in [2.45, 2.75) is 110 Å². The van der Waals surface area contributed by atoms with Crippen molar-refractivity contribution in [3.05, 3.63) is 0 Å². The molecule has 2 atom stereocenters. The maximum absolute atomic E-state index is 12.3. The topological polar surface area (TPSA) is 108 Å². The van der Waals surface area contributed by atoms with Gasteiger partial charge in [0.15, 0.2) is 6.10 Å². The van der Waals surface area contributed by atoms with E-state index in [-0.39, 0.29) is 26.1 Å². The molecule has 0 rings (SSSR count). The molecule has 0 aromatic heterocycles. The molecule has 0 spiro atoms. The van der Waals surface area contributed by atoms with E-state index in [0.717, 1.165) is 32.1 Å². The third kappa shape index (κ3) is 23.4. The lowest BCUT2D eigenvalue weighted by atomic mass is 10.1. The first-order valence-electron chi connectivity index (χ1n) is 13.8. The Labute approximate surface area is 219 Å². The van der Waals surface area contributed by atoms with Gasteiger partial charge >= 0.3 is 19.8 Å². The number of phosphoric acid groups is 1. The van der Waals surface area contributed by atoms with Crippen LogP contribution in [0.2, 0.25) is 0 Å². The first-order valence-corrected chi connectivity index (χ1v) is 15.3. The second-order valence-corrected chi connectivity index (χ2v) is 11.9. The summed E-state index contributed by atoms with van der Waals surface area (Å²) in [6.07, 6.45) is 12.4. The van der Waals surface area contributed by atoms with Crippen LogP contribution in [0.15, 0.2) is 0 Å². The Morgan fingerprint density at radius 2 is 1.25 bits per heavy atom. The zero-order valence-corrected chi connectivity index (χ0v) is 24.4. The smallest absolute Gasteiger partial charge is 0.462 e. The van der Waals surface area contributed by atoms with Gasteiger partial charge in [-0.15, -0.1) is 0 Å². The van der Waals surface area contributed by atoms with Crippen molar-refractivity contribution < 1.29 is 42.1 Å². The highest BCUT2D eigenvalue weighted by atomic mass is 31.2.